The van der Waals surface area contributed by atoms with Gasteiger partial charge in [-0.15, -0.1) is 11.8 Å². The number of Topliss-reactive ketones (excluding diaryl/α,β-unsaturated/α-hetero) is 1. The number of aliphatic hydroxyl groups excluding tert-OH is 1. The van der Waals surface area contributed by atoms with Crippen molar-refractivity contribution < 1.29 is 9.90 Å². The minimum absolute atomic E-state index is 0.112. The highest BCUT2D eigenvalue weighted by Gasteiger charge is 2.34. The molecule has 2 atom stereocenters. The van der Waals surface area contributed by atoms with Crippen molar-refractivity contribution >= 4 is 23.1 Å². The molecule has 166 valence electrons. The summed E-state index contributed by atoms with van der Waals surface area (Å²) in [5.41, 5.74) is 6.42. The fourth-order valence-electron chi connectivity index (χ4n) is 4.79. The van der Waals surface area contributed by atoms with E-state index in [1.54, 1.807) is 0 Å². The first kappa shape index (κ1) is 23.7. The summed E-state index contributed by atoms with van der Waals surface area (Å²) in [6, 6.07) is 13.0. The van der Waals surface area contributed by atoms with E-state index in [0.717, 1.165) is 30.6 Å². The standard InChI is InChI=1S/C28H36O2S/c1-6-20-13-19(5)14-21(7-2)27(20)28-25(29)15-23(16-26(28)30)22(8-3)17-31-24-11-9-18(4)10-12-24/h9-14,22-23,29H,6-8,15-17H2,1-5H3. The number of benzene rings is 2. The van der Waals surface area contributed by atoms with Crippen LogP contribution in [0.5, 0.6) is 0 Å². The molecule has 2 unspecified atom stereocenters. The summed E-state index contributed by atoms with van der Waals surface area (Å²) in [6.45, 7) is 10.7. The zero-order chi connectivity index (χ0) is 22.5. The predicted molar refractivity (Wildman–Crippen MR) is 133 cm³/mol. The monoisotopic (exact) mass is 436 g/mol. The lowest BCUT2D eigenvalue weighted by molar-refractivity contribution is -0.115. The van der Waals surface area contributed by atoms with E-state index in [4.69, 9.17) is 0 Å². The molecule has 0 aliphatic heterocycles. The molecule has 3 heteroatoms. The molecule has 0 heterocycles. The van der Waals surface area contributed by atoms with Crippen LogP contribution in [0.15, 0.2) is 47.1 Å². The predicted octanol–water partition coefficient (Wildman–Crippen LogP) is 7.49. The molecule has 0 amide bonds. The van der Waals surface area contributed by atoms with E-state index in [1.807, 2.05) is 11.8 Å². The molecule has 0 radical (unpaired) electrons. The van der Waals surface area contributed by atoms with Crippen molar-refractivity contribution in [2.24, 2.45) is 11.8 Å². The van der Waals surface area contributed by atoms with Crippen LogP contribution in [0.1, 0.15) is 67.9 Å². The molecule has 1 N–H and O–H groups in total. The normalized spacial score (nSPS) is 17.8. The van der Waals surface area contributed by atoms with Gasteiger partial charge >= 0.3 is 0 Å². The Morgan fingerprint density at radius 3 is 2.10 bits per heavy atom. The van der Waals surface area contributed by atoms with Crippen LogP contribution in [0.2, 0.25) is 0 Å². The molecule has 0 saturated heterocycles. The summed E-state index contributed by atoms with van der Waals surface area (Å²) in [5.74, 6) is 2.01. The molecule has 31 heavy (non-hydrogen) atoms. The van der Waals surface area contributed by atoms with Crippen molar-refractivity contribution in [1.82, 2.24) is 0 Å². The molecule has 2 aromatic rings. The third kappa shape index (κ3) is 5.44. The van der Waals surface area contributed by atoms with Crippen molar-refractivity contribution in [1.29, 1.82) is 0 Å². The Balaban J connectivity index is 1.84. The minimum atomic E-state index is 0.112. The first-order valence-electron chi connectivity index (χ1n) is 11.6. The maximum absolute atomic E-state index is 13.3. The van der Waals surface area contributed by atoms with E-state index in [-0.39, 0.29) is 11.7 Å². The van der Waals surface area contributed by atoms with Gasteiger partial charge in [-0.05, 0) is 67.3 Å². The van der Waals surface area contributed by atoms with Crippen LogP contribution in [0.3, 0.4) is 0 Å². The fraction of sp³-hybridized carbons (Fsp3) is 0.464. The van der Waals surface area contributed by atoms with Gasteiger partial charge in [-0.25, -0.2) is 0 Å². The molecule has 2 nitrogen and oxygen atoms in total. The van der Waals surface area contributed by atoms with Gasteiger partial charge in [0.05, 0.1) is 5.57 Å². The summed E-state index contributed by atoms with van der Waals surface area (Å²) in [6.07, 6.45) is 3.88. The number of aryl methyl sites for hydroxylation is 4. The Hall–Kier alpha value is -2.00. The number of carbonyl (C=O) groups is 1. The van der Waals surface area contributed by atoms with Crippen LogP contribution < -0.4 is 0 Å². The smallest absolute Gasteiger partial charge is 0.167 e. The Morgan fingerprint density at radius 2 is 1.58 bits per heavy atom. The number of hydrogen-bond donors (Lipinski definition) is 1. The van der Waals surface area contributed by atoms with Crippen LogP contribution >= 0.6 is 11.8 Å². The van der Waals surface area contributed by atoms with Gasteiger partial charge in [0.15, 0.2) is 5.78 Å². The molecule has 0 saturated carbocycles. The van der Waals surface area contributed by atoms with Gasteiger partial charge in [-0.3, -0.25) is 4.79 Å². The van der Waals surface area contributed by atoms with Crippen LogP contribution in [0.25, 0.3) is 5.57 Å². The van der Waals surface area contributed by atoms with Gasteiger partial charge in [0.25, 0.3) is 0 Å². The van der Waals surface area contributed by atoms with Gasteiger partial charge in [0, 0.05) is 23.5 Å². The van der Waals surface area contributed by atoms with Gasteiger partial charge in [-0.2, -0.15) is 0 Å². The van der Waals surface area contributed by atoms with Crippen LogP contribution in [0.4, 0.5) is 0 Å². The van der Waals surface area contributed by atoms with E-state index in [9.17, 15) is 9.90 Å². The largest absolute Gasteiger partial charge is 0.512 e. The third-order valence-corrected chi connectivity index (χ3v) is 7.80. The van der Waals surface area contributed by atoms with E-state index in [0.29, 0.717) is 30.1 Å². The summed E-state index contributed by atoms with van der Waals surface area (Å²) in [5, 5.41) is 11.1. The number of hydrogen-bond acceptors (Lipinski definition) is 3. The van der Waals surface area contributed by atoms with Gasteiger partial charge in [0.2, 0.25) is 0 Å². The minimum Gasteiger partial charge on any atom is -0.512 e. The zero-order valence-electron chi connectivity index (χ0n) is 19.6. The van der Waals surface area contributed by atoms with Crippen LogP contribution in [-0.4, -0.2) is 16.6 Å². The highest BCUT2D eigenvalue weighted by Crippen LogP contribution is 2.40. The second-order valence-electron chi connectivity index (χ2n) is 8.87. The highest BCUT2D eigenvalue weighted by molar-refractivity contribution is 7.99. The summed E-state index contributed by atoms with van der Waals surface area (Å²) < 4.78 is 0. The van der Waals surface area contributed by atoms with Gasteiger partial charge in [-0.1, -0.05) is 62.6 Å². The van der Waals surface area contributed by atoms with Crippen molar-refractivity contribution in [2.75, 3.05) is 5.75 Å². The van der Waals surface area contributed by atoms with Gasteiger partial charge < -0.3 is 5.11 Å². The van der Waals surface area contributed by atoms with E-state index in [2.05, 4.69) is 71.0 Å². The number of aliphatic hydroxyl groups is 1. The van der Waals surface area contributed by atoms with Gasteiger partial charge in [0.1, 0.15) is 5.76 Å². The van der Waals surface area contributed by atoms with Crippen LogP contribution in [0, 0.1) is 25.7 Å². The molecule has 0 fully saturated rings. The Kier molecular flexibility index (Phi) is 8.05. The molecule has 0 spiro atoms. The summed E-state index contributed by atoms with van der Waals surface area (Å²) >= 11 is 1.86. The number of ketones is 1. The van der Waals surface area contributed by atoms with E-state index >= 15 is 0 Å². The van der Waals surface area contributed by atoms with E-state index in [1.165, 1.54) is 27.1 Å². The summed E-state index contributed by atoms with van der Waals surface area (Å²) in [7, 11) is 0. The molecule has 0 bridgehead atoms. The number of rotatable bonds is 8. The Labute approximate surface area is 192 Å². The maximum Gasteiger partial charge on any atom is 0.167 e. The molecule has 2 aromatic carbocycles. The lowest BCUT2D eigenvalue weighted by Crippen LogP contribution is -2.27. The zero-order valence-corrected chi connectivity index (χ0v) is 20.4. The number of carbonyl (C=O) groups excluding carboxylic acids is 1. The second-order valence-corrected chi connectivity index (χ2v) is 9.96. The average Bonchev–Trinajstić information content (AvgIpc) is 2.75. The molecule has 0 aromatic heterocycles. The SMILES string of the molecule is CCc1cc(C)cc(CC)c1C1=C(O)CC(C(CC)CSc2ccc(C)cc2)CC1=O. The van der Waals surface area contributed by atoms with Crippen molar-refractivity contribution in [2.45, 2.75) is 71.6 Å². The average molecular weight is 437 g/mol. The highest BCUT2D eigenvalue weighted by atomic mass is 32.2. The first-order chi connectivity index (χ1) is 14.9. The molecule has 1 aliphatic carbocycles. The van der Waals surface area contributed by atoms with Crippen molar-refractivity contribution in [3.63, 3.8) is 0 Å². The number of thioether (sulfide) groups is 1. The Bertz CT molecular complexity index is 930. The van der Waals surface area contributed by atoms with Crippen molar-refractivity contribution in [3.8, 4) is 0 Å². The Morgan fingerprint density at radius 1 is 0.968 bits per heavy atom. The lowest BCUT2D eigenvalue weighted by Gasteiger charge is -2.31. The van der Waals surface area contributed by atoms with Crippen molar-refractivity contribution in [3.05, 3.63) is 70.0 Å². The molecular weight excluding hydrogens is 400 g/mol. The van der Waals surface area contributed by atoms with E-state index < -0.39 is 0 Å². The third-order valence-electron chi connectivity index (χ3n) is 6.60. The molecule has 3 rings (SSSR count). The second kappa shape index (κ2) is 10.5. The number of allylic oxidation sites excluding steroid dienone is 2. The first-order valence-corrected chi connectivity index (χ1v) is 12.6. The molecular formula is C28H36O2S. The quantitative estimate of drug-likeness (QED) is 0.435. The topological polar surface area (TPSA) is 37.3 Å². The fourth-order valence-corrected chi connectivity index (χ4v) is 6.03. The van der Waals surface area contributed by atoms with Crippen LogP contribution in [-0.2, 0) is 17.6 Å². The lowest BCUT2D eigenvalue weighted by atomic mass is 9.75. The molecule has 1 aliphatic rings. The summed E-state index contributed by atoms with van der Waals surface area (Å²) in [4.78, 5) is 14.6. The maximum atomic E-state index is 13.3.